The third kappa shape index (κ3) is 4.41. The number of nitrogens with one attached hydrogen (secondary N) is 1. The van der Waals surface area contributed by atoms with Crippen LogP contribution in [0.4, 0.5) is 0 Å². The number of amidine groups is 1. The lowest BCUT2D eigenvalue weighted by molar-refractivity contribution is -0.130. The van der Waals surface area contributed by atoms with Gasteiger partial charge in [0.2, 0.25) is 5.91 Å². The Morgan fingerprint density at radius 3 is 2.42 bits per heavy atom. The summed E-state index contributed by atoms with van der Waals surface area (Å²) in [6.07, 6.45) is 2.75. The van der Waals surface area contributed by atoms with Crippen LogP contribution in [0.3, 0.4) is 0 Å². The Balaban J connectivity index is 2.41. The van der Waals surface area contributed by atoms with Gasteiger partial charge in [-0.1, -0.05) is 25.6 Å². The summed E-state index contributed by atoms with van der Waals surface area (Å²) >= 11 is 1.78. The molecule has 1 saturated heterocycles. The molecule has 110 valence electrons. The minimum Gasteiger partial charge on any atom is -0.359 e. The van der Waals surface area contributed by atoms with Crippen molar-refractivity contribution >= 4 is 22.8 Å². The maximum atomic E-state index is 11.8. The summed E-state index contributed by atoms with van der Waals surface area (Å²) in [6, 6.07) is 0. The van der Waals surface area contributed by atoms with Crippen LogP contribution in [0, 0.1) is 0 Å². The van der Waals surface area contributed by atoms with Gasteiger partial charge in [-0.25, -0.2) is 0 Å². The normalized spacial score (nSPS) is 19.5. The van der Waals surface area contributed by atoms with Crippen molar-refractivity contribution in [1.29, 1.82) is 0 Å². The van der Waals surface area contributed by atoms with Crippen molar-refractivity contribution in [2.24, 2.45) is 4.99 Å². The van der Waals surface area contributed by atoms with Crippen molar-refractivity contribution in [3.63, 3.8) is 0 Å². The van der Waals surface area contributed by atoms with Gasteiger partial charge in [-0.05, 0) is 26.7 Å². The highest BCUT2D eigenvalue weighted by Crippen LogP contribution is 2.28. The molecular weight excluding hydrogens is 258 g/mol. The van der Waals surface area contributed by atoms with Gasteiger partial charge < -0.3 is 10.2 Å². The standard InChI is InChI=1S/C14H27N3OS/c1-5-14(6-2)11-19-13(16-14)15-10-9-12(18)17(7-3)8-4/h5-11H2,1-4H3,(H,15,16). The van der Waals surface area contributed by atoms with Crippen LogP contribution in [0.5, 0.6) is 0 Å². The molecule has 1 amide bonds. The molecule has 1 heterocycles. The number of aliphatic imine (C=N–C) groups is 1. The van der Waals surface area contributed by atoms with Gasteiger partial charge in [0.1, 0.15) is 0 Å². The molecule has 0 aromatic rings. The highest BCUT2D eigenvalue weighted by atomic mass is 32.2. The van der Waals surface area contributed by atoms with Gasteiger partial charge in [0, 0.05) is 30.8 Å². The molecule has 0 unspecified atom stereocenters. The zero-order chi connectivity index (χ0) is 14.3. The topological polar surface area (TPSA) is 44.7 Å². The first-order valence-corrected chi connectivity index (χ1v) is 8.32. The van der Waals surface area contributed by atoms with Gasteiger partial charge >= 0.3 is 0 Å². The number of amides is 1. The average molecular weight is 285 g/mol. The summed E-state index contributed by atoms with van der Waals surface area (Å²) in [6.45, 7) is 10.6. The monoisotopic (exact) mass is 285 g/mol. The molecule has 1 fully saturated rings. The van der Waals surface area contributed by atoms with Crippen LogP contribution in [-0.4, -0.2) is 46.9 Å². The summed E-state index contributed by atoms with van der Waals surface area (Å²) in [5.74, 6) is 1.29. The quantitative estimate of drug-likeness (QED) is 0.781. The first-order valence-electron chi connectivity index (χ1n) is 7.34. The molecule has 0 aromatic carbocycles. The van der Waals surface area contributed by atoms with Crippen LogP contribution in [0.25, 0.3) is 0 Å². The van der Waals surface area contributed by atoms with E-state index in [0.717, 1.165) is 36.9 Å². The second-order valence-electron chi connectivity index (χ2n) is 4.90. The predicted octanol–water partition coefficient (Wildman–Crippen LogP) is 2.50. The average Bonchev–Trinajstić information content (AvgIpc) is 2.84. The van der Waals surface area contributed by atoms with E-state index in [1.165, 1.54) is 0 Å². The Morgan fingerprint density at radius 2 is 1.95 bits per heavy atom. The molecule has 1 rings (SSSR count). The first-order chi connectivity index (χ1) is 9.10. The third-order valence-electron chi connectivity index (χ3n) is 3.91. The summed E-state index contributed by atoms with van der Waals surface area (Å²) in [7, 11) is 0. The largest absolute Gasteiger partial charge is 0.359 e. The van der Waals surface area contributed by atoms with Gasteiger partial charge in [0.25, 0.3) is 0 Å². The maximum absolute atomic E-state index is 11.8. The fourth-order valence-electron chi connectivity index (χ4n) is 2.21. The molecule has 0 atom stereocenters. The number of thioether (sulfide) groups is 1. The lowest BCUT2D eigenvalue weighted by Crippen LogP contribution is -2.42. The summed E-state index contributed by atoms with van der Waals surface area (Å²) in [5, 5.41) is 4.53. The minimum atomic E-state index is 0.203. The molecule has 1 N–H and O–H groups in total. The van der Waals surface area contributed by atoms with E-state index in [9.17, 15) is 4.79 Å². The van der Waals surface area contributed by atoms with E-state index in [0.29, 0.717) is 13.0 Å². The zero-order valence-electron chi connectivity index (χ0n) is 12.7. The molecule has 0 aromatic heterocycles. The Labute approximate surface area is 121 Å². The van der Waals surface area contributed by atoms with E-state index in [-0.39, 0.29) is 11.4 Å². The van der Waals surface area contributed by atoms with Crippen molar-refractivity contribution in [3.8, 4) is 0 Å². The van der Waals surface area contributed by atoms with Crippen LogP contribution in [-0.2, 0) is 4.79 Å². The molecule has 0 radical (unpaired) electrons. The summed E-state index contributed by atoms with van der Waals surface area (Å²) in [4.78, 5) is 18.2. The van der Waals surface area contributed by atoms with E-state index >= 15 is 0 Å². The van der Waals surface area contributed by atoms with E-state index in [4.69, 9.17) is 0 Å². The van der Waals surface area contributed by atoms with Crippen molar-refractivity contribution in [1.82, 2.24) is 10.2 Å². The Morgan fingerprint density at radius 1 is 1.32 bits per heavy atom. The number of hydrogen-bond donors (Lipinski definition) is 1. The van der Waals surface area contributed by atoms with Crippen molar-refractivity contribution < 1.29 is 4.79 Å². The third-order valence-corrected chi connectivity index (χ3v) is 5.11. The Bertz CT molecular complexity index is 323. The number of rotatable bonds is 7. The molecule has 4 nitrogen and oxygen atoms in total. The van der Waals surface area contributed by atoms with Crippen molar-refractivity contribution in [2.45, 2.75) is 52.5 Å². The summed E-state index contributed by atoms with van der Waals surface area (Å²) in [5.41, 5.74) is 0.215. The molecule has 1 aliphatic rings. The molecule has 0 saturated carbocycles. The molecule has 1 aliphatic heterocycles. The van der Waals surface area contributed by atoms with Gasteiger partial charge in [-0.3, -0.25) is 9.79 Å². The van der Waals surface area contributed by atoms with Crippen molar-refractivity contribution in [3.05, 3.63) is 0 Å². The van der Waals surface area contributed by atoms with Gasteiger partial charge in [-0.2, -0.15) is 0 Å². The Kier molecular flexibility index (Phi) is 6.69. The predicted molar refractivity (Wildman–Crippen MR) is 83.8 cm³/mol. The lowest BCUT2D eigenvalue weighted by atomic mass is 9.96. The van der Waals surface area contributed by atoms with E-state index in [2.05, 4.69) is 24.2 Å². The highest BCUT2D eigenvalue weighted by molar-refractivity contribution is 8.14. The van der Waals surface area contributed by atoms with E-state index in [1.54, 1.807) is 11.8 Å². The fraction of sp³-hybridized carbons (Fsp3) is 0.857. The van der Waals surface area contributed by atoms with E-state index < -0.39 is 0 Å². The number of hydrogen-bond acceptors (Lipinski definition) is 3. The first kappa shape index (κ1) is 16.3. The molecule has 0 spiro atoms. The van der Waals surface area contributed by atoms with Gasteiger partial charge in [0.05, 0.1) is 6.54 Å². The van der Waals surface area contributed by atoms with Gasteiger partial charge in [-0.15, -0.1) is 0 Å². The van der Waals surface area contributed by atoms with Gasteiger partial charge in [0.15, 0.2) is 5.17 Å². The second-order valence-corrected chi connectivity index (χ2v) is 5.87. The van der Waals surface area contributed by atoms with E-state index in [1.807, 2.05) is 18.7 Å². The number of carbonyl (C=O) groups excluding carboxylic acids is 1. The molecule has 19 heavy (non-hydrogen) atoms. The van der Waals surface area contributed by atoms with Crippen molar-refractivity contribution in [2.75, 3.05) is 25.4 Å². The van der Waals surface area contributed by atoms with Crippen LogP contribution in [0.1, 0.15) is 47.0 Å². The maximum Gasteiger partial charge on any atom is 0.224 e. The zero-order valence-corrected chi connectivity index (χ0v) is 13.5. The van der Waals surface area contributed by atoms with Crippen LogP contribution in [0.2, 0.25) is 0 Å². The SMILES string of the molecule is CCN(CC)C(=O)CCN=C1NC(CC)(CC)CS1. The van der Waals surface area contributed by atoms with Crippen LogP contribution in [0.15, 0.2) is 4.99 Å². The number of carbonyl (C=O) groups is 1. The molecule has 0 bridgehead atoms. The summed E-state index contributed by atoms with van der Waals surface area (Å²) < 4.78 is 0. The molecule has 5 heteroatoms. The number of nitrogens with zero attached hydrogens (tertiary/aromatic N) is 2. The van der Waals surface area contributed by atoms with Crippen LogP contribution < -0.4 is 5.32 Å². The Hall–Kier alpha value is -0.710. The molecule has 0 aliphatic carbocycles. The minimum absolute atomic E-state index is 0.203. The highest BCUT2D eigenvalue weighted by Gasteiger charge is 2.33. The smallest absolute Gasteiger partial charge is 0.224 e. The second kappa shape index (κ2) is 7.78. The lowest BCUT2D eigenvalue weighted by Gasteiger charge is -2.25. The van der Waals surface area contributed by atoms with Crippen LogP contribution >= 0.6 is 11.8 Å². The fourth-order valence-corrected chi connectivity index (χ4v) is 3.57. The molecular formula is C14H27N3OS.